The number of hydrogen-bond donors (Lipinski definition) is 1. The van der Waals surface area contributed by atoms with Gasteiger partial charge in [-0.2, -0.15) is 0 Å². The van der Waals surface area contributed by atoms with E-state index in [1.165, 1.54) is 23.9 Å². The largest absolute Gasteiger partial charge is 0.382 e. The van der Waals surface area contributed by atoms with Gasteiger partial charge in [0.1, 0.15) is 0 Å². The topological polar surface area (TPSA) is 24.9 Å². The lowest BCUT2D eigenvalue weighted by Gasteiger charge is -2.15. The van der Waals surface area contributed by atoms with Crippen molar-refractivity contribution in [3.8, 4) is 0 Å². The fourth-order valence-corrected chi connectivity index (χ4v) is 2.00. The summed E-state index contributed by atoms with van der Waals surface area (Å²) in [6.07, 6.45) is 4.23. The normalized spacial score (nSPS) is 12.6. The third-order valence-electron chi connectivity index (χ3n) is 2.77. The van der Waals surface area contributed by atoms with Gasteiger partial charge in [0.05, 0.1) is 5.52 Å². The molecule has 1 aromatic carbocycles. The molecule has 1 heterocycles. The first-order valence-corrected chi connectivity index (χ1v) is 5.91. The number of pyridine rings is 1. The Hall–Kier alpha value is -1.57. The van der Waals surface area contributed by atoms with Crippen LogP contribution < -0.4 is 5.32 Å². The highest BCUT2D eigenvalue weighted by Gasteiger charge is 2.04. The van der Waals surface area contributed by atoms with Gasteiger partial charge in [0.2, 0.25) is 0 Å². The maximum Gasteiger partial charge on any atom is 0.0722 e. The molecule has 84 valence electrons. The minimum Gasteiger partial charge on any atom is -0.382 e. The summed E-state index contributed by atoms with van der Waals surface area (Å²) in [6, 6.07) is 10.8. The Bertz CT molecular complexity index is 460. The summed E-state index contributed by atoms with van der Waals surface area (Å²) in [4.78, 5) is 4.36. The van der Waals surface area contributed by atoms with E-state index < -0.39 is 0 Å². The molecule has 1 N–H and O–H groups in total. The summed E-state index contributed by atoms with van der Waals surface area (Å²) < 4.78 is 0. The second kappa shape index (κ2) is 4.97. The van der Waals surface area contributed by atoms with Gasteiger partial charge in [-0.15, -0.1) is 0 Å². The zero-order valence-electron chi connectivity index (χ0n) is 9.90. The van der Waals surface area contributed by atoms with Crippen LogP contribution in [0, 0.1) is 0 Å². The van der Waals surface area contributed by atoms with Gasteiger partial charge >= 0.3 is 0 Å². The molecule has 0 fully saturated rings. The summed E-state index contributed by atoms with van der Waals surface area (Å²) in [5.74, 6) is 0. The Balaban J connectivity index is 2.30. The smallest absolute Gasteiger partial charge is 0.0722 e. The molecule has 2 rings (SSSR count). The van der Waals surface area contributed by atoms with Crippen LogP contribution in [0.25, 0.3) is 10.9 Å². The Morgan fingerprint density at radius 3 is 2.94 bits per heavy atom. The summed E-state index contributed by atoms with van der Waals surface area (Å²) in [5, 5.41) is 4.75. The van der Waals surface area contributed by atoms with Gasteiger partial charge in [0.15, 0.2) is 0 Å². The Labute approximate surface area is 96.7 Å². The van der Waals surface area contributed by atoms with Crippen LogP contribution in [0.15, 0.2) is 36.5 Å². The molecule has 1 unspecified atom stereocenters. The van der Waals surface area contributed by atoms with Gasteiger partial charge in [0.25, 0.3) is 0 Å². The van der Waals surface area contributed by atoms with Gasteiger partial charge in [-0.1, -0.05) is 19.4 Å². The Morgan fingerprint density at radius 1 is 1.25 bits per heavy atom. The third kappa shape index (κ3) is 2.32. The molecular formula is C14H18N2. The highest BCUT2D eigenvalue weighted by Crippen LogP contribution is 2.22. The van der Waals surface area contributed by atoms with Crippen LogP contribution in [0.3, 0.4) is 0 Å². The van der Waals surface area contributed by atoms with E-state index in [4.69, 9.17) is 0 Å². The number of fused-ring (bicyclic) bond motifs is 1. The second-order valence-corrected chi connectivity index (χ2v) is 4.21. The SMILES string of the molecule is CCCC(C)Nc1cccc2ncccc12. The van der Waals surface area contributed by atoms with Crippen molar-refractivity contribution in [2.24, 2.45) is 0 Å². The average molecular weight is 214 g/mol. The molecule has 0 saturated carbocycles. The molecule has 1 atom stereocenters. The van der Waals surface area contributed by atoms with E-state index in [0.29, 0.717) is 6.04 Å². The summed E-state index contributed by atoms with van der Waals surface area (Å²) >= 11 is 0. The lowest BCUT2D eigenvalue weighted by atomic mass is 10.1. The summed E-state index contributed by atoms with van der Waals surface area (Å²) in [6.45, 7) is 4.43. The van der Waals surface area contributed by atoms with Crippen molar-refractivity contribution in [1.82, 2.24) is 4.98 Å². The molecule has 0 aliphatic carbocycles. The zero-order chi connectivity index (χ0) is 11.4. The van der Waals surface area contributed by atoms with Gasteiger partial charge in [-0.3, -0.25) is 4.98 Å². The minimum atomic E-state index is 0.510. The van der Waals surface area contributed by atoms with Crippen LogP contribution in [0.2, 0.25) is 0 Å². The van der Waals surface area contributed by atoms with E-state index in [1.807, 2.05) is 18.3 Å². The highest BCUT2D eigenvalue weighted by molar-refractivity contribution is 5.91. The van der Waals surface area contributed by atoms with E-state index in [0.717, 1.165) is 5.52 Å². The number of rotatable bonds is 4. The minimum absolute atomic E-state index is 0.510. The first-order chi connectivity index (χ1) is 7.81. The van der Waals surface area contributed by atoms with Gasteiger partial charge in [-0.25, -0.2) is 0 Å². The lowest BCUT2D eigenvalue weighted by molar-refractivity contribution is 0.691. The predicted molar refractivity (Wildman–Crippen MR) is 69.7 cm³/mol. The molecule has 0 amide bonds. The monoisotopic (exact) mass is 214 g/mol. The zero-order valence-corrected chi connectivity index (χ0v) is 9.90. The highest BCUT2D eigenvalue weighted by atomic mass is 14.9. The van der Waals surface area contributed by atoms with Crippen molar-refractivity contribution in [2.45, 2.75) is 32.7 Å². The van der Waals surface area contributed by atoms with Crippen LogP contribution in [-0.4, -0.2) is 11.0 Å². The molecule has 2 aromatic rings. The molecule has 2 heteroatoms. The predicted octanol–water partition coefficient (Wildman–Crippen LogP) is 3.84. The number of benzene rings is 1. The van der Waals surface area contributed by atoms with Crippen LogP contribution in [0.1, 0.15) is 26.7 Å². The van der Waals surface area contributed by atoms with Crippen molar-refractivity contribution in [1.29, 1.82) is 0 Å². The van der Waals surface area contributed by atoms with E-state index in [-0.39, 0.29) is 0 Å². The van der Waals surface area contributed by atoms with E-state index in [9.17, 15) is 0 Å². The van der Waals surface area contributed by atoms with Crippen LogP contribution >= 0.6 is 0 Å². The van der Waals surface area contributed by atoms with Crippen molar-refractivity contribution in [2.75, 3.05) is 5.32 Å². The maximum absolute atomic E-state index is 4.36. The first-order valence-electron chi connectivity index (χ1n) is 5.91. The molecule has 0 saturated heterocycles. The molecule has 0 aliphatic rings. The van der Waals surface area contributed by atoms with Gasteiger partial charge in [0, 0.05) is 23.3 Å². The standard InChI is InChI=1S/C14H18N2/c1-3-6-11(2)16-14-9-4-8-13-12(14)7-5-10-15-13/h4-5,7-11,16H,3,6H2,1-2H3. The van der Waals surface area contributed by atoms with E-state index in [1.54, 1.807) is 0 Å². The van der Waals surface area contributed by atoms with Crippen LogP contribution in [0.4, 0.5) is 5.69 Å². The van der Waals surface area contributed by atoms with Gasteiger partial charge < -0.3 is 5.32 Å². The number of nitrogens with one attached hydrogen (secondary N) is 1. The molecular weight excluding hydrogens is 196 g/mol. The van der Waals surface area contributed by atoms with Gasteiger partial charge in [-0.05, 0) is 37.6 Å². The maximum atomic E-state index is 4.36. The van der Waals surface area contributed by atoms with Crippen molar-refractivity contribution in [3.63, 3.8) is 0 Å². The number of anilines is 1. The molecule has 0 radical (unpaired) electrons. The first kappa shape index (κ1) is 10.9. The van der Waals surface area contributed by atoms with Crippen molar-refractivity contribution < 1.29 is 0 Å². The average Bonchev–Trinajstić information content (AvgIpc) is 2.30. The number of nitrogens with zero attached hydrogens (tertiary/aromatic N) is 1. The fourth-order valence-electron chi connectivity index (χ4n) is 2.00. The summed E-state index contributed by atoms with van der Waals surface area (Å²) in [5.41, 5.74) is 2.24. The van der Waals surface area contributed by atoms with E-state index in [2.05, 4.69) is 42.3 Å². The van der Waals surface area contributed by atoms with Crippen LogP contribution in [0.5, 0.6) is 0 Å². The molecule has 2 nitrogen and oxygen atoms in total. The summed E-state index contributed by atoms with van der Waals surface area (Å²) in [7, 11) is 0. The van der Waals surface area contributed by atoms with Crippen LogP contribution in [-0.2, 0) is 0 Å². The Kier molecular flexibility index (Phi) is 3.40. The lowest BCUT2D eigenvalue weighted by Crippen LogP contribution is -2.14. The van der Waals surface area contributed by atoms with E-state index >= 15 is 0 Å². The number of aromatic nitrogens is 1. The van der Waals surface area contributed by atoms with Crippen molar-refractivity contribution >= 4 is 16.6 Å². The molecule has 1 aromatic heterocycles. The van der Waals surface area contributed by atoms with Crippen molar-refractivity contribution in [3.05, 3.63) is 36.5 Å². The number of hydrogen-bond acceptors (Lipinski definition) is 2. The second-order valence-electron chi connectivity index (χ2n) is 4.21. The molecule has 0 bridgehead atoms. The Morgan fingerprint density at radius 2 is 2.12 bits per heavy atom. The fraction of sp³-hybridized carbons (Fsp3) is 0.357. The molecule has 16 heavy (non-hydrogen) atoms. The third-order valence-corrected chi connectivity index (χ3v) is 2.77. The molecule has 0 spiro atoms. The quantitative estimate of drug-likeness (QED) is 0.836. The molecule has 0 aliphatic heterocycles.